The van der Waals surface area contributed by atoms with E-state index in [1.807, 2.05) is 0 Å². The Morgan fingerprint density at radius 3 is 2.39 bits per heavy atom. The monoisotopic (exact) mass is 476 g/mol. The minimum absolute atomic E-state index is 0.168. The second-order valence-electron chi connectivity index (χ2n) is 6.95. The van der Waals surface area contributed by atoms with Gasteiger partial charge in [0.1, 0.15) is 6.54 Å². The number of carbonyl (C=O) groups is 1. The Kier molecular flexibility index (Phi) is 7.12. The number of nitrogens with one attached hydrogen (secondary N) is 1. The molecule has 3 aromatic rings. The Hall–Kier alpha value is -3.73. The molecule has 1 aromatic heterocycles. The number of alkyl halides is 3. The van der Waals surface area contributed by atoms with Crippen LogP contribution in [-0.2, 0) is 21.0 Å². The number of benzene rings is 2. The number of nitrogens with zero attached hydrogens (tertiary/aromatic N) is 3. The van der Waals surface area contributed by atoms with Gasteiger partial charge < -0.3 is 0 Å². The van der Waals surface area contributed by atoms with E-state index in [-0.39, 0.29) is 10.6 Å². The molecule has 0 bridgehead atoms. The van der Waals surface area contributed by atoms with Crippen molar-refractivity contribution in [3.63, 3.8) is 0 Å². The number of halogens is 3. The summed E-state index contributed by atoms with van der Waals surface area (Å²) in [5.41, 5.74) is 2.27. The molecular formula is C22H19F3N4O3S. The number of hydrazone groups is 1. The fourth-order valence-electron chi connectivity index (χ4n) is 2.78. The van der Waals surface area contributed by atoms with Gasteiger partial charge in [0.25, 0.3) is 15.9 Å². The highest BCUT2D eigenvalue weighted by molar-refractivity contribution is 7.92. The van der Waals surface area contributed by atoms with Crippen LogP contribution in [0.1, 0.15) is 16.7 Å². The van der Waals surface area contributed by atoms with E-state index in [0.29, 0.717) is 15.9 Å². The summed E-state index contributed by atoms with van der Waals surface area (Å²) in [4.78, 5) is 16.1. The van der Waals surface area contributed by atoms with E-state index in [1.165, 1.54) is 36.8 Å². The third kappa shape index (κ3) is 6.16. The van der Waals surface area contributed by atoms with Crippen LogP contribution < -0.4 is 9.73 Å². The maximum absolute atomic E-state index is 13.3. The average molecular weight is 476 g/mol. The Labute approximate surface area is 188 Å². The third-order valence-corrected chi connectivity index (χ3v) is 6.25. The first-order valence-electron chi connectivity index (χ1n) is 9.56. The molecule has 172 valence electrons. The van der Waals surface area contributed by atoms with Gasteiger partial charge in [-0.05, 0) is 55.0 Å². The highest BCUT2D eigenvalue weighted by Crippen LogP contribution is 2.33. The molecule has 0 aliphatic heterocycles. The molecule has 0 fully saturated rings. The topological polar surface area (TPSA) is 91.7 Å². The second-order valence-corrected chi connectivity index (χ2v) is 8.81. The Bertz CT molecular complexity index is 1250. The molecule has 0 aliphatic rings. The van der Waals surface area contributed by atoms with Crippen LogP contribution >= 0.6 is 0 Å². The van der Waals surface area contributed by atoms with E-state index < -0.39 is 34.2 Å². The van der Waals surface area contributed by atoms with Gasteiger partial charge in [-0.3, -0.25) is 14.1 Å². The average Bonchev–Trinajstić information content (AvgIpc) is 2.78. The molecule has 0 saturated heterocycles. The molecule has 3 rings (SSSR count). The fourth-order valence-corrected chi connectivity index (χ4v) is 4.20. The van der Waals surface area contributed by atoms with Crippen molar-refractivity contribution in [3.8, 4) is 0 Å². The van der Waals surface area contributed by atoms with Crippen molar-refractivity contribution >= 4 is 27.8 Å². The largest absolute Gasteiger partial charge is 0.416 e. The van der Waals surface area contributed by atoms with Crippen LogP contribution in [0.4, 0.5) is 18.9 Å². The number of rotatable bonds is 7. The maximum atomic E-state index is 13.3. The van der Waals surface area contributed by atoms with Gasteiger partial charge in [0.2, 0.25) is 0 Å². The van der Waals surface area contributed by atoms with Crippen molar-refractivity contribution in [1.29, 1.82) is 0 Å². The predicted octanol–water partition coefficient (Wildman–Crippen LogP) is 3.75. The van der Waals surface area contributed by atoms with Crippen molar-refractivity contribution in [2.45, 2.75) is 18.0 Å². The number of hydrogen-bond donors (Lipinski definition) is 1. The van der Waals surface area contributed by atoms with E-state index in [2.05, 4.69) is 15.5 Å². The first-order chi connectivity index (χ1) is 15.6. The van der Waals surface area contributed by atoms with Crippen LogP contribution in [-0.4, -0.2) is 32.1 Å². The summed E-state index contributed by atoms with van der Waals surface area (Å²) in [5, 5.41) is 3.76. The molecule has 0 radical (unpaired) electrons. The van der Waals surface area contributed by atoms with Crippen molar-refractivity contribution in [2.75, 3.05) is 10.8 Å². The number of amides is 1. The number of pyridine rings is 1. The number of anilines is 1. The number of hydrogen-bond acceptors (Lipinski definition) is 5. The zero-order chi connectivity index (χ0) is 24.1. The van der Waals surface area contributed by atoms with Gasteiger partial charge in [-0.15, -0.1) is 0 Å². The molecule has 1 heterocycles. The first-order valence-corrected chi connectivity index (χ1v) is 11.0. The molecule has 1 N–H and O–H groups in total. The van der Waals surface area contributed by atoms with Crippen molar-refractivity contribution in [1.82, 2.24) is 10.4 Å². The highest BCUT2D eigenvalue weighted by atomic mass is 32.2. The number of aromatic nitrogens is 1. The Morgan fingerprint density at radius 1 is 1.09 bits per heavy atom. The molecular weight excluding hydrogens is 457 g/mol. The van der Waals surface area contributed by atoms with E-state index in [0.717, 1.165) is 17.7 Å². The van der Waals surface area contributed by atoms with Crippen LogP contribution in [0.5, 0.6) is 0 Å². The molecule has 1 amide bonds. The summed E-state index contributed by atoms with van der Waals surface area (Å²) in [5.74, 6) is -0.839. The minimum atomic E-state index is -4.69. The van der Waals surface area contributed by atoms with Gasteiger partial charge >= 0.3 is 6.18 Å². The molecule has 0 aliphatic carbocycles. The zero-order valence-electron chi connectivity index (χ0n) is 17.3. The van der Waals surface area contributed by atoms with Crippen molar-refractivity contribution in [2.24, 2.45) is 5.10 Å². The zero-order valence-corrected chi connectivity index (χ0v) is 18.1. The van der Waals surface area contributed by atoms with Crippen LogP contribution in [0.3, 0.4) is 0 Å². The lowest BCUT2D eigenvalue weighted by Crippen LogP contribution is -2.39. The maximum Gasteiger partial charge on any atom is 0.416 e. The molecule has 0 unspecified atom stereocenters. The lowest BCUT2D eigenvalue weighted by Gasteiger charge is -2.24. The van der Waals surface area contributed by atoms with Crippen molar-refractivity contribution < 1.29 is 26.4 Å². The standard InChI is InChI=1S/C22H19F3N4O3S/c1-16-5-7-20(8-6-16)33(31,32)29(19-4-2-3-18(13-19)22(23,24)25)15-21(30)28-27-14-17-9-11-26-12-10-17/h2-14H,15H2,1H3,(H,28,30)/b27-14-. The van der Waals surface area contributed by atoms with Gasteiger partial charge in [0, 0.05) is 12.4 Å². The Balaban J connectivity index is 1.93. The van der Waals surface area contributed by atoms with E-state index in [1.54, 1.807) is 31.2 Å². The van der Waals surface area contributed by atoms with E-state index in [9.17, 15) is 26.4 Å². The van der Waals surface area contributed by atoms with Gasteiger partial charge in [0.15, 0.2) is 0 Å². The molecule has 7 nitrogen and oxygen atoms in total. The summed E-state index contributed by atoms with van der Waals surface area (Å²) < 4.78 is 66.8. The van der Waals surface area contributed by atoms with E-state index in [4.69, 9.17) is 0 Å². The molecule has 2 aromatic carbocycles. The molecule has 0 saturated carbocycles. The first kappa shape index (κ1) is 23.9. The molecule has 33 heavy (non-hydrogen) atoms. The number of aryl methyl sites for hydroxylation is 1. The lowest BCUT2D eigenvalue weighted by molar-refractivity contribution is -0.137. The summed E-state index contributed by atoms with van der Waals surface area (Å²) in [7, 11) is -4.36. The molecule has 11 heteroatoms. The van der Waals surface area contributed by atoms with Crippen molar-refractivity contribution in [3.05, 3.63) is 89.7 Å². The van der Waals surface area contributed by atoms with Gasteiger partial charge in [-0.1, -0.05) is 23.8 Å². The van der Waals surface area contributed by atoms with Gasteiger partial charge in [0.05, 0.1) is 22.4 Å². The quantitative estimate of drug-likeness (QED) is 0.415. The SMILES string of the molecule is Cc1ccc(S(=O)(=O)N(CC(=O)N/N=C\c2ccncc2)c2cccc(C(F)(F)F)c2)cc1. The smallest absolute Gasteiger partial charge is 0.271 e. The van der Waals surface area contributed by atoms with Crippen LogP contribution in [0.15, 0.2) is 83.1 Å². The molecule has 0 spiro atoms. The van der Waals surface area contributed by atoms with Crippen LogP contribution in [0, 0.1) is 6.92 Å². The Morgan fingerprint density at radius 2 is 1.76 bits per heavy atom. The highest BCUT2D eigenvalue weighted by Gasteiger charge is 2.33. The summed E-state index contributed by atoms with van der Waals surface area (Å²) >= 11 is 0. The summed E-state index contributed by atoms with van der Waals surface area (Å²) in [6.07, 6.45) is -0.325. The number of sulfonamides is 1. The predicted molar refractivity (Wildman–Crippen MR) is 117 cm³/mol. The second kappa shape index (κ2) is 9.82. The summed E-state index contributed by atoms with van der Waals surface area (Å²) in [6, 6.07) is 12.8. The lowest BCUT2D eigenvalue weighted by atomic mass is 10.2. The van der Waals surface area contributed by atoms with Crippen LogP contribution in [0.25, 0.3) is 0 Å². The normalized spacial score (nSPS) is 12.0. The third-order valence-electron chi connectivity index (χ3n) is 4.47. The van der Waals surface area contributed by atoms with Gasteiger partial charge in [-0.25, -0.2) is 13.8 Å². The minimum Gasteiger partial charge on any atom is -0.271 e. The number of carbonyl (C=O) groups excluding carboxylic acids is 1. The molecule has 0 atom stereocenters. The van der Waals surface area contributed by atoms with Crippen LogP contribution in [0.2, 0.25) is 0 Å². The van der Waals surface area contributed by atoms with Gasteiger partial charge in [-0.2, -0.15) is 18.3 Å². The fraction of sp³-hybridized carbons (Fsp3) is 0.136. The summed E-state index contributed by atoms with van der Waals surface area (Å²) in [6.45, 7) is 0.973. The van der Waals surface area contributed by atoms with E-state index >= 15 is 0 Å².